The minimum absolute atomic E-state index is 0.391. The van der Waals surface area contributed by atoms with Gasteiger partial charge in [0.2, 0.25) is 0 Å². The third kappa shape index (κ3) is 2.22. The molecule has 0 unspecified atom stereocenters. The average Bonchev–Trinajstić information content (AvgIpc) is 2.18. The van der Waals surface area contributed by atoms with Crippen LogP contribution in [0.5, 0.6) is 0 Å². The largest absolute Gasteiger partial charge is 0.287 e. The molecule has 1 aromatic rings. The quantitative estimate of drug-likeness (QED) is 0.673. The molecule has 0 N–H and O–H groups in total. The Hall–Kier alpha value is -0.510. The smallest absolute Gasteiger partial charge is 0.240 e. The second kappa shape index (κ2) is 2.85. The van der Waals surface area contributed by atoms with E-state index in [1.165, 1.54) is 0 Å². The van der Waals surface area contributed by atoms with Gasteiger partial charge in [-0.05, 0) is 28.0 Å². The second-order valence-electron chi connectivity index (χ2n) is 1.70. The van der Waals surface area contributed by atoms with Gasteiger partial charge in [0.05, 0.1) is 4.11 Å². The Morgan fingerprint density at radius 2 is 2.45 bits per heavy atom. The molecule has 0 bridgehead atoms. The van der Waals surface area contributed by atoms with E-state index in [0.29, 0.717) is 0 Å². The minimum Gasteiger partial charge on any atom is -0.240 e. The zero-order valence-electron chi connectivity index (χ0n) is 11.1. The standard InChI is InChI=1S/C7H6BrF2N/c1-7(9,10)5-3-2-4-6(8)11-5/h2-4H,1H3/i1D3,2D,3D,4D. The Bertz CT molecular complexity index is 461. The van der Waals surface area contributed by atoms with Gasteiger partial charge >= 0.3 is 0 Å². The van der Waals surface area contributed by atoms with Gasteiger partial charge < -0.3 is 0 Å². The zero-order valence-corrected chi connectivity index (χ0v) is 6.67. The molecule has 0 aromatic carbocycles. The molecule has 1 nitrogen and oxygen atoms in total. The van der Waals surface area contributed by atoms with E-state index in [-0.39, 0.29) is 0 Å². The first-order chi connectivity index (χ1) is 7.50. The van der Waals surface area contributed by atoms with Crippen molar-refractivity contribution in [2.24, 2.45) is 0 Å². The minimum atomic E-state index is -4.34. The highest BCUT2D eigenvalue weighted by atomic mass is 79.9. The van der Waals surface area contributed by atoms with Crippen LogP contribution >= 0.6 is 15.9 Å². The summed E-state index contributed by atoms with van der Waals surface area (Å²) in [7, 11) is 0. The molecule has 0 spiro atoms. The molecule has 0 aliphatic carbocycles. The number of rotatable bonds is 1. The summed E-state index contributed by atoms with van der Waals surface area (Å²) in [5.41, 5.74) is -1.33. The fraction of sp³-hybridized carbons (Fsp3) is 0.286. The number of hydrogen-bond donors (Lipinski definition) is 0. The van der Waals surface area contributed by atoms with Crippen molar-refractivity contribution in [3.8, 4) is 0 Å². The topological polar surface area (TPSA) is 12.9 Å². The molecule has 1 heterocycles. The van der Waals surface area contributed by atoms with Gasteiger partial charge in [0.1, 0.15) is 10.3 Å². The van der Waals surface area contributed by atoms with Crippen LogP contribution in [0.15, 0.2) is 22.7 Å². The predicted molar refractivity (Wildman–Crippen MR) is 41.5 cm³/mol. The van der Waals surface area contributed by atoms with E-state index in [9.17, 15) is 8.78 Å². The fourth-order valence-corrected chi connectivity index (χ4v) is 0.721. The van der Waals surface area contributed by atoms with Crippen LogP contribution in [0.25, 0.3) is 0 Å². The summed E-state index contributed by atoms with van der Waals surface area (Å²) >= 11 is 2.67. The van der Waals surface area contributed by atoms with Gasteiger partial charge in [-0.1, -0.05) is 6.04 Å². The van der Waals surface area contributed by atoms with Gasteiger partial charge in [-0.15, -0.1) is 0 Å². The molecule has 0 aliphatic rings. The number of aromatic nitrogens is 1. The van der Waals surface area contributed by atoms with E-state index in [0.717, 1.165) is 0 Å². The molecule has 60 valence electrons. The average molecular weight is 228 g/mol. The second-order valence-corrected chi connectivity index (χ2v) is 2.45. The number of pyridine rings is 1. The summed E-state index contributed by atoms with van der Waals surface area (Å²) in [6.45, 7) is -3.66. The third-order valence-electron chi connectivity index (χ3n) is 0.854. The molecule has 11 heavy (non-hydrogen) atoms. The van der Waals surface area contributed by atoms with Crippen LogP contribution in [-0.4, -0.2) is 4.98 Å². The summed E-state index contributed by atoms with van der Waals surface area (Å²) in [5.74, 6) is -4.34. The van der Waals surface area contributed by atoms with E-state index >= 15 is 0 Å². The molecule has 0 amide bonds. The molecule has 0 saturated carbocycles. The lowest BCUT2D eigenvalue weighted by atomic mass is 10.2. The van der Waals surface area contributed by atoms with E-state index in [4.69, 9.17) is 8.22 Å². The monoisotopic (exact) mass is 227 g/mol. The number of hydrogen-bond acceptors (Lipinski definition) is 1. The Morgan fingerprint density at radius 1 is 1.73 bits per heavy atom. The Kier molecular flexibility index (Phi) is 0.900. The van der Waals surface area contributed by atoms with Gasteiger partial charge in [-0.2, -0.15) is 8.78 Å². The van der Waals surface area contributed by atoms with Gasteiger partial charge in [0.25, 0.3) is 5.92 Å². The fourth-order valence-electron chi connectivity index (χ4n) is 0.445. The van der Waals surface area contributed by atoms with Crippen LogP contribution in [0.1, 0.15) is 20.8 Å². The summed E-state index contributed by atoms with van der Waals surface area (Å²) in [4.78, 5) is 3.18. The maximum atomic E-state index is 13.5. The van der Waals surface area contributed by atoms with E-state index in [1.54, 1.807) is 0 Å². The van der Waals surface area contributed by atoms with Crippen LogP contribution in [0.4, 0.5) is 8.78 Å². The highest BCUT2D eigenvalue weighted by Gasteiger charge is 2.25. The van der Waals surface area contributed by atoms with E-state index in [2.05, 4.69) is 20.9 Å². The van der Waals surface area contributed by atoms with Crippen LogP contribution in [0, 0.1) is 0 Å². The number of halogens is 3. The van der Waals surface area contributed by atoms with Crippen molar-refractivity contribution in [2.45, 2.75) is 12.8 Å². The number of nitrogens with zero attached hydrogens (tertiary/aromatic N) is 1. The lowest BCUT2D eigenvalue weighted by Crippen LogP contribution is -2.09. The van der Waals surface area contributed by atoms with Crippen LogP contribution in [-0.2, 0) is 5.92 Å². The molecule has 1 aromatic heterocycles. The van der Waals surface area contributed by atoms with Gasteiger partial charge in [0.15, 0.2) is 0 Å². The third-order valence-corrected chi connectivity index (χ3v) is 1.23. The van der Waals surface area contributed by atoms with Crippen molar-refractivity contribution in [2.75, 3.05) is 0 Å². The first kappa shape index (κ1) is 3.47. The van der Waals surface area contributed by atoms with Crippen molar-refractivity contribution < 1.29 is 17.0 Å². The molecule has 0 aliphatic heterocycles. The summed E-state index contributed by atoms with van der Waals surface area (Å²) in [6.07, 6.45) is 0. The molecule has 4 heteroatoms. The van der Waals surface area contributed by atoms with Crippen LogP contribution in [0.2, 0.25) is 0 Å². The summed E-state index contributed by atoms with van der Waals surface area (Å²) in [5, 5.41) is 0. The first-order valence-corrected chi connectivity index (χ1v) is 3.31. The van der Waals surface area contributed by atoms with E-state index < -0.39 is 41.2 Å². The first-order valence-electron chi connectivity index (χ1n) is 5.51. The lowest BCUT2D eigenvalue weighted by Gasteiger charge is -2.08. The van der Waals surface area contributed by atoms with Crippen molar-refractivity contribution in [1.29, 1.82) is 0 Å². The van der Waals surface area contributed by atoms with Crippen molar-refractivity contribution in [3.63, 3.8) is 0 Å². The van der Waals surface area contributed by atoms with Crippen molar-refractivity contribution in [1.82, 2.24) is 4.98 Å². The molecule has 1 rings (SSSR count). The van der Waals surface area contributed by atoms with Crippen molar-refractivity contribution in [3.05, 3.63) is 28.4 Å². The molecule has 0 saturated heterocycles. The highest BCUT2D eigenvalue weighted by molar-refractivity contribution is 9.10. The Balaban J connectivity index is 3.54. The molecule has 0 atom stereocenters. The maximum absolute atomic E-state index is 13.5. The highest BCUT2D eigenvalue weighted by Crippen LogP contribution is 2.25. The lowest BCUT2D eigenvalue weighted by molar-refractivity contribution is 0.0126. The van der Waals surface area contributed by atoms with Gasteiger partial charge in [-0.25, -0.2) is 4.98 Å². The normalized spacial score (nSPS) is 20.6. The summed E-state index contributed by atoms with van der Waals surface area (Å²) < 4.78 is 68.5. The van der Waals surface area contributed by atoms with Gasteiger partial charge in [-0.3, -0.25) is 0 Å². The van der Waals surface area contributed by atoms with Crippen molar-refractivity contribution >= 4 is 15.9 Å². The predicted octanol–water partition coefficient (Wildman–Crippen LogP) is 2.96. The van der Waals surface area contributed by atoms with E-state index in [1.807, 2.05) is 0 Å². The van der Waals surface area contributed by atoms with Crippen LogP contribution in [0.3, 0.4) is 0 Å². The maximum Gasteiger partial charge on any atom is 0.287 e. The van der Waals surface area contributed by atoms with Crippen LogP contribution < -0.4 is 0 Å². The summed E-state index contributed by atoms with van der Waals surface area (Å²) in [6, 6.07) is -2.40. The molecular formula is C7H6BrF2N. The Labute approximate surface area is 80.0 Å². The zero-order chi connectivity index (χ0) is 13.6. The molecular weight excluding hydrogens is 216 g/mol. The van der Waals surface area contributed by atoms with Gasteiger partial charge in [0, 0.05) is 11.0 Å². The molecule has 0 radical (unpaired) electrons. The molecule has 0 fully saturated rings. The SMILES string of the molecule is [2H]c1c(Br)nc(C(F)(F)C([2H])([2H])[2H])c([2H])c1[2H]. The Morgan fingerprint density at radius 3 is 3.09 bits per heavy atom. The number of alkyl halides is 2.